The van der Waals surface area contributed by atoms with Gasteiger partial charge in [0.1, 0.15) is 0 Å². The molecular formula is C5H7F2I. The van der Waals surface area contributed by atoms with E-state index in [1.807, 2.05) is 0 Å². The van der Waals surface area contributed by atoms with Crippen molar-refractivity contribution in [3.05, 3.63) is 11.6 Å². The molecule has 0 rings (SSSR count). The summed E-state index contributed by atoms with van der Waals surface area (Å²) >= 11 is 1.08. The Labute approximate surface area is 61.1 Å². The number of rotatable bonds is 1. The highest BCUT2D eigenvalue weighted by atomic mass is 127. The summed E-state index contributed by atoms with van der Waals surface area (Å²) in [5.41, 5.74) is 0.643. The molecule has 0 aromatic heterocycles. The van der Waals surface area contributed by atoms with Gasteiger partial charge in [-0.2, -0.15) is 8.78 Å². The molecule has 0 aromatic carbocycles. The number of alkyl halides is 3. The summed E-state index contributed by atoms with van der Waals surface area (Å²) in [5.74, 6) is 0. The topological polar surface area (TPSA) is 0 Å². The van der Waals surface area contributed by atoms with Crippen molar-refractivity contribution in [3.8, 4) is 0 Å². The second-order valence-electron chi connectivity index (χ2n) is 1.76. The average Bonchev–Trinajstić information content (AvgIpc) is 1.21. The van der Waals surface area contributed by atoms with Crippen LogP contribution in [0.5, 0.6) is 0 Å². The van der Waals surface area contributed by atoms with Crippen LogP contribution in [0.1, 0.15) is 13.8 Å². The van der Waals surface area contributed by atoms with Crippen molar-refractivity contribution in [1.82, 2.24) is 0 Å². The molecule has 0 saturated carbocycles. The van der Waals surface area contributed by atoms with Crippen LogP contribution in [0.4, 0.5) is 8.78 Å². The molecule has 0 spiro atoms. The van der Waals surface area contributed by atoms with E-state index in [1.54, 1.807) is 13.8 Å². The van der Waals surface area contributed by atoms with Gasteiger partial charge >= 0.3 is 3.93 Å². The summed E-state index contributed by atoms with van der Waals surface area (Å²) in [6, 6.07) is 0. The number of hydrogen-bond acceptors (Lipinski definition) is 0. The SMILES string of the molecule is CC(C)=CC(F)(F)I. The molecule has 0 heterocycles. The van der Waals surface area contributed by atoms with Gasteiger partial charge in [0.05, 0.1) is 0 Å². The molecule has 0 N–H and O–H groups in total. The third kappa shape index (κ3) is 6.33. The van der Waals surface area contributed by atoms with Crippen LogP contribution < -0.4 is 0 Å². The highest BCUT2D eigenvalue weighted by Gasteiger charge is 2.18. The lowest BCUT2D eigenvalue weighted by molar-refractivity contribution is 0.182. The molecule has 0 saturated heterocycles. The van der Waals surface area contributed by atoms with Gasteiger partial charge in [-0.3, -0.25) is 0 Å². The Morgan fingerprint density at radius 3 is 1.88 bits per heavy atom. The summed E-state index contributed by atoms with van der Waals surface area (Å²) in [6.07, 6.45) is 0.924. The molecule has 0 atom stereocenters. The fourth-order valence-corrected chi connectivity index (χ4v) is 0.950. The van der Waals surface area contributed by atoms with Crippen LogP contribution in [0, 0.1) is 0 Å². The van der Waals surface area contributed by atoms with Crippen LogP contribution in [-0.2, 0) is 0 Å². The van der Waals surface area contributed by atoms with Gasteiger partial charge in [0.25, 0.3) is 0 Å². The number of halogens is 3. The highest BCUT2D eigenvalue weighted by Crippen LogP contribution is 2.24. The second kappa shape index (κ2) is 2.75. The fraction of sp³-hybridized carbons (Fsp3) is 0.600. The largest absolute Gasteiger partial charge is 0.315 e. The van der Waals surface area contributed by atoms with Gasteiger partial charge in [-0.1, -0.05) is 5.57 Å². The lowest BCUT2D eigenvalue weighted by Crippen LogP contribution is -1.97. The first kappa shape index (κ1) is 8.33. The molecule has 0 amide bonds. The smallest absolute Gasteiger partial charge is 0.190 e. The Kier molecular flexibility index (Phi) is 2.87. The van der Waals surface area contributed by atoms with Gasteiger partial charge in [0.15, 0.2) is 0 Å². The fourth-order valence-electron chi connectivity index (χ4n) is 0.327. The second-order valence-corrected chi connectivity index (χ2v) is 3.20. The molecule has 0 aromatic rings. The molecule has 0 radical (unpaired) electrons. The molecule has 48 valence electrons. The van der Waals surface area contributed by atoms with Gasteiger partial charge < -0.3 is 0 Å². The summed E-state index contributed by atoms with van der Waals surface area (Å²) in [6.45, 7) is 3.29. The van der Waals surface area contributed by atoms with Crippen molar-refractivity contribution in [2.75, 3.05) is 0 Å². The van der Waals surface area contributed by atoms with Crippen molar-refractivity contribution in [1.29, 1.82) is 0 Å². The zero-order valence-electron chi connectivity index (χ0n) is 4.71. The zero-order chi connectivity index (χ0) is 6.78. The van der Waals surface area contributed by atoms with Crippen LogP contribution in [0.25, 0.3) is 0 Å². The quantitative estimate of drug-likeness (QED) is 0.370. The van der Waals surface area contributed by atoms with Crippen LogP contribution >= 0.6 is 22.6 Å². The summed E-state index contributed by atoms with van der Waals surface area (Å²) < 4.78 is 21.1. The standard InChI is InChI=1S/C5H7F2I/c1-4(2)3-5(6,7)8/h3H,1-2H3. The Hall–Kier alpha value is 0.330. The van der Waals surface area contributed by atoms with E-state index in [9.17, 15) is 8.78 Å². The van der Waals surface area contributed by atoms with Crippen molar-refractivity contribution in [2.24, 2.45) is 0 Å². The Balaban J connectivity index is 3.89. The van der Waals surface area contributed by atoms with Gasteiger partial charge in [-0.25, -0.2) is 0 Å². The van der Waals surface area contributed by atoms with E-state index in [1.165, 1.54) is 0 Å². The van der Waals surface area contributed by atoms with Gasteiger partial charge in [0, 0.05) is 22.6 Å². The van der Waals surface area contributed by atoms with Crippen molar-refractivity contribution in [3.63, 3.8) is 0 Å². The molecule has 0 aliphatic carbocycles. The summed E-state index contributed by atoms with van der Waals surface area (Å²) in [7, 11) is 0. The molecular weight excluding hydrogens is 225 g/mol. The van der Waals surface area contributed by atoms with E-state index in [2.05, 4.69) is 0 Å². The molecule has 0 bridgehead atoms. The summed E-state index contributed by atoms with van der Waals surface area (Å²) in [4.78, 5) is 0. The van der Waals surface area contributed by atoms with Crippen LogP contribution in [0.2, 0.25) is 0 Å². The third-order valence-corrected chi connectivity index (χ3v) is 0.764. The van der Waals surface area contributed by atoms with Crippen LogP contribution in [-0.4, -0.2) is 3.93 Å². The molecule has 0 fully saturated rings. The maximum absolute atomic E-state index is 11.9. The maximum Gasteiger partial charge on any atom is 0.315 e. The van der Waals surface area contributed by atoms with Crippen LogP contribution in [0.15, 0.2) is 11.6 Å². The molecule has 8 heavy (non-hydrogen) atoms. The lowest BCUT2D eigenvalue weighted by Gasteiger charge is -1.99. The van der Waals surface area contributed by atoms with Gasteiger partial charge in [-0.05, 0) is 19.9 Å². The Morgan fingerprint density at radius 2 is 1.88 bits per heavy atom. The van der Waals surface area contributed by atoms with Crippen molar-refractivity contribution >= 4 is 22.6 Å². The normalized spacial score (nSPS) is 11.1. The molecule has 0 nitrogen and oxygen atoms in total. The number of hydrogen-bond donors (Lipinski definition) is 0. The molecule has 3 heteroatoms. The van der Waals surface area contributed by atoms with E-state index in [-0.39, 0.29) is 0 Å². The minimum atomic E-state index is -2.67. The molecule has 0 aliphatic heterocycles. The number of allylic oxidation sites excluding steroid dienone is 2. The predicted octanol–water partition coefficient (Wildman–Crippen LogP) is 2.98. The first-order valence-corrected chi connectivity index (χ1v) is 3.22. The molecule has 0 aliphatic rings. The van der Waals surface area contributed by atoms with Crippen molar-refractivity contribution < 1.29 is 8.78 Å². The van der Waals surface area contributed by atoms with Gasteiger partial charge in [0.2, 0.25) is 0 Å². The highest BCUT2D eigenvalue weighted by molar-refractivity contribution is 14.1. The van der Waals surface area contributed by atoms with Gasteiger partial charge in [-0.15, -0.1) is 0 Å². The first-order valence-electron chi connectivity index (χ1n) is 2.14. The summed E-state index contributed by atoms with van der Waals surface area (Å²) in [5, 5.41) is 0. The zero-order valence-corrected chi connectivity index (χ0v) is 6.87. The third-order valence-electron chi connectivity index (χ3n) is 0.452. The maximum atomic E-state index is 11.9. The van der Waals surface area contributed by atoms with E-state index in [4.69, 9.17) is 0 Å². The predicted molar refractivity (Wildman–Crippen MR) is 38.4 cm³/mol. The van der Waals surface area contributed by atoms with Crippen LogP contribution in [0.3, 0.4) is 0 Å². The van der Waals surface area contributed by atoms with Crippen molar-refractivity contribution in [2.45, 2.75) is 17.8 Å². The minimum absolute atomic E-state index is 0.643. The first-order chi connectivity index (χ1) is 3.42. The van der Waals surface area contributed by atoms with E-state index >= 15 is 0 Å². The van der Waals surface area contributed by atoms with E-state index < -0.39 is 3.93 Å². The van der Waals surface area contributed by atoms with E-state index in [0.717, 1.165) is 28.7 Å². The average molecular weight is 232 g/mol. The monoisotopic (exact) mass is 232 g/mol. The minimum Gasteiger partial charge on any atom is -0.190 e. The van der Waals surface area contributed by atoms with E-state index in [0.29, 0.717) is 5.57 Å². The molecule has 0 unspecified atom stereocenters. The Morgan fingerprint density at radius 1 is 1.50 bits per heavy atom. The Bertz CT molecular complexity index is 97.5. The lowest BCUT2D eigenvalue weighted by atomic mass is 10.3.